The third-order valence-electron chi connectivity index (χ3n) is 7.99. The van der Waals surface area contributed by atoms with Crippen LogP contribution in [0.3, 0.4) is 0 Å². The number of pyridine rings is 3. The van der Waals surface area contributed by atoms with Crippen LogP contribution in [0.2, 0.25) is 0 Å². The van der Waals surface area contributed by atoms with Gasteiger partial charge in [0.1, 0.15) is 5.65 Å². The Morgan fingerprint density at radius 2 is 1.54 bits per heavy atom. The number of hydrogen-bond donors (Lipinski definition) is 0. The van der Waals surface area contributed by atoms with Crippen LogP contribution < -0.4 is 0 Å². The topological polar surface area (TPSA) is 43.1 Å². The highest BCUT2D eigenvalue weighted by atomic mass is 15.0. The summed E-state index contributed by atoms with van der Waals surface area (Å²) < 4.78 is 2.24. The van der Waals surface area contributed by atoms with E-state index in [9.17, 15) is 0 Å². The normalized spacial score (nSPS) is 13.5. The van der Waals surface area contributed by atoms with Gasteiger partial charge in [-0.25, -0.2) is 4.98 Å². The third-order valence-corrected chi connectivity index (χ3v) is 7.99. The molecule has 0 N–H and O–H groups in total. The molecule has 4 heteroatoms. The molecule has 0 saturated heterocycles. The van der Waals surface area contributed by atoms with Crippen molar-refractivity contribution in [2.75, 3.05) is 0 Å². The second-order valence-electron chi connectivity index (χ2n) is 9.72. The maximum atomic E-state index is 5.06. The van der Waals surface area contributed by atoms with Crippen LogP contribution in [0.25, 0.3) is 60.6 Å². The van der Waals surface area contributed by atoms with Gasteiger partial charge in [0.2, 0.25) is 0 Å². The van der Waals surface area contributed by atoms with E-state index >= 15 is 0 Å². The van der Waals surface area contributed by atoms with Crippen LogP contribution in [-0.4, -0.2) is 19.4 Å². The average molecular weight is 447 g/mol. The van der Waals surface area contributed by atoms with E-state index < -0.39 is 0 Å². The molecule has 0 saturated carbocycles. The van der Waals surface area contributed by atoms with Crippen molar-refractivity contribution in [3.63, 3.8) is 0 Å². The first-order chi connectivity index (χ1) is 17.3. The van der Waals surface area contributed by atoms with Crippen LogP contribution in [0.1, 0.15) is 22.3 Å². The Bertz CT molecular complexity index is 2070. The molecule has 0 radical (unpaired) electrons. The van der Waals surface area contributed by atoms with Crippen molar-refractivity contribution in [3.8, 4) is 22.3 Å². The van der Waals surface area contributed by atoms with Crippen molar-refractivity contribution in [2.24, 2.45) is 0 Å². The Hall–Kier alpha value is -4.57. The molecule has 4 aromatic heterocycles. The zero-order chi connectivity index (χ0) is 22.7. The van der Waals surface area contributed by atoms with Crippen LogP contribution in [-0.2, 0) is 12.8 Å². The van der Waals surface area contributed by atoms with E-state index in [0.717, 1.165) is 40.4 Å². The molecular weight excluding hydrogens is 428 g/mol. The molecule has 0 fully saturated rings. The van der Waals surface area contributed by atoms with Gasteiger partial charge in [-0.2, -0.15) is 0 Å². The molecule has 9 rings (SSSR count). The highest BCUT2D eigenvalue weighted by Crippen LogP contribution is 2.49. The summed E-state index contributed by atoms with van der Waals surface area (Å²) in [6.07, 6.45) is 9.55. The molecule has 3 aromatic carbocycles. The number of aromatic nitrogens is 4. The highest BCUT2D eigenvalue weighted by Gasteiger charge is 2.29. The Kier molecular flexibility index (Phi) is 3.11. The van der Waals surface area contributed by atoms with Gasteiger partial charge in [-0.3, -0.25) is 14.4 Å². The van der Waals surface area contributed by atoms with Gasteiger partial charge in [0.05, 0.1) is 22.7 Å². The van der Waals surface area contributed by atoms with E-state index in [1.54, 1.807) is 0 Å². The lowest BCUT2D eigenvalue weighted by atomic mass is 9.95. The van der Waals surface area contributed by atoms with E-state index in [1.807, 2.05) is 30.9 Å². The second-order valence-corrected chi connectivity index (χ2v) is 9.72. The maximum absolute atomic E-state index is 5.06. The Balaban J connectivity index is 1.40. The van der Waals surface area contributed by atoms with Crippen LogP contribution in [0.15, 0.2) is 85.5 Å². The minimum absolute atomic E-state index is 0.955. The van der Waals surface area contributed by atoms with Crippen molar-refractivity contribution < 1.29 is 0 Å². The number of rotatable bonds is 0. The van der Waals surface area contributed by atoms with E-state index in [4.69, 9.17) is 4.98 Å². The predicted molar refractivity (Wildman–Crippen MR) is 140 cm³/mol. The molecule has 0 unspecified atom stereocenters. The molecule has 162 valence electrons. The van der Waals surface area contributed by atoms with Crippen molar-refractivity contribution >= 4 is 38.4 Å². The second kappa shape index (κ2) is 6.10. The molecule has 0 atom stereocenters. The fraction of sp³-hybridized carbons (Fsp3) is 0.0645. The van der Waals surface area contributed by atoms with E-state index in [2.05, 4.69) is 69.0 Å². The largest absolute Gasteiger partial charge is 0.290 e. The summed E-state index contributed by atoms with van der Waals surface area (Å²) in [6.45, 7) is 0. The molecule has 2 aliphatic carbocycles. The van der Waals surface area contributed by atoms with Crippen molar-refractivity contribution in [1.82, 2.24) is 19.4 Å². The molecule has 0 bridgehead atoms. The predicted octanol–water partition coefficient (Wildman–Crippen LogP) is 6.73. The summed E-state index contributed by atoms with van der Waals surface area (Å²) in [6, 6.07) is 22.4. The Labute approximate surface area is 200 Å². The zero-order valence-corrected chi connectivity index (χ0v) is 18.8. The average Bonchev–Trinajstić information content (AvgIpc) is 3.58. The first-order valence-electron chi connectivity index (χ1n) is 12.0. The van der Waals surface area contributed by atoms with Gasteiger partial charge < -0.3 is 0 Å². The Morgan fingerprint density at radius 3 is 2.54 bits per heavy atom. The van der Waals surface area contributed by atoms with E-state index in [1.165, 1.54) is 55.3 Å². The highest BCUT2D eigenvalue weighted by molar-refractivity contribution is 6.15. The summed E-state index contributed by atoms with van der Waals surface area (Å²) in [5.74, 6) is 0. The molecule has 4 nitrogen and oxygen atoms in total. The van der Waals surface area contributed by atoms with Gasteiger partial charge in [0.25, 0.3) is 0 Å². The quantitative estimate of drug-likeness (QED) is 0.243. The summed E-state index contributed by atoms with van der Waals surface area (Å²) in [4.78, 5) is 13.9. The van der Waals surface area contributed by atoms with E-state index in [0.29, 0.717) is 0 Å². The summed E-state index contributed by atoms with van der Waals surface area (Å²) in [7, 11) is 0. The lowest BCUT2D eigenvalue weighted by molar-refractivity contribution is 1.23. The fourth-order valence-corrected chi connectivity index (χ4v) is 6.52. The van der Waals surface area contributed by atoms with Crippen molar-refractivity contribution in [1.29, 1.82) is 0 Å². The number of nitrogens with zero attached hydrogens (tertiary/aromatic N) is 4. The van der Waals surface area contributed by atoms with Crippen LogP contribution in [0.5, 0.6) is 0 Å². The Morgan fingerprint density at radius 1 is 0.629 bits per heavy atom. The molecule has 4 heterocycles. The van der Waals surface area contributed by atoms with Gasteiger partial charge in [0.15, 0.2) is 0 Å². The van der Waals surface area contributed by atoms with Gasteiger partial charge in [-0.15, -0.1) is 0 Å². The van der Waals surface area contributed by atoms with Crippen molar-refractivity contribution in [2.45, 2.75) is 12.8 Å². The summed E-state index contributed by atoms with van der Waals surface area (Å²) in [5.41, 5.74) is 15.4. The van der Waals surface area contributed by atoms with E-state index in [-0.39, 0.29) is 0 Å². The third kappa shape index (κ3) is 2.15. The van der Waals surface area contributed by atoms with Crippen molar-refractivity contribution in [3.05, 3.63) is 108 Å². The lowest BCUT2D eigenvalue weighted by Crippen LogP contribution is -1.93. The van der Waals surface area contributed by atoms with Crippen LogP contribution >= 0.6 is 0 Å². The molecule has 0 aliphatic heterocycles. The monoisotopic (exact) mass is 446 g/mol. The van der Waals surface area contributed by atoms with Gasteiger partial charge in [-0.1, -0.05) is 36.4 Å². The van der Waals surface area contributed by atoms with Gasteiger partial charge >= 0.3 is 0 Å². The molecular formula is C31H18N4. The van der Waals surface area contributed by atoms with Crippen LogP contribution in [0, 0.1) is 0 Å². The zero-order valence-electron chi connectivity index (χ0n) is 18.8. The summed E-state index contributed by atoms with van der Waals surface area (Å²) in [5, 5.41) is 3.52. The molecule has 7 aromatic rings. The SMILES string of the molecule is c1ccc2c(c1)Cc1ccc3c(c1-2)Cc1cc2c(cc1-3)c1cnccc1n1c3cnccc3nc21. The van der Waals surface area contributed by atoms with Gasteiger partial charge in [0, 0.05) is 29.4 Å². The first-order valence-corrected chi connectivity index (χ1v) is 12.0. The minimum Gasteiger partial charge on any atom is -0.290 e. The number of benzene rings is 3. The molecule has 0 amide bonds. The standard InChI is InChI=1S/C31H18N4/c1-2-4-20-17(3-1)11-18-5-6-21-22-14-23-25(13-19(22)12-24(21)30(18)20)31-34-27-7-9-33-16-29(27)35(31)28-8-10-32-15-26(23)28/h1-10,13-16H,11-12H2. The molecule has 2 aliphatic rings. The number of fused-ring (bicyclic) bond motifs is 15. The van der Waals surface area contributed by atoms with Crippen LogP contribution in [0.4, 0.5) is 0 Å². The smallest absolute Gasteiger partial charge is 0.146 e. The fourth-order valence-electron chi connectivity index (χ4n) is 6.52. The number of hydrogen-bond acceptors (Lipinski definition) is 3. The maximum Gasteiger partial charge on any atom is 0.146 e. The molecule has 0 spiro atoms. The van der Waals surface area contributed by atoms with Gasteiger partial charge in [-0.05, 0) is 87.0 Å². The lowest BCUT2D eigenvalue weighted by Gasteiger charge is -2.11. The summed E-state index contributed by atoms with van der Waals surface area (Å²) >= 11 is 0. The minimum atomic E-state index is 0.955. The molecule has 35 heavy (non-hydrogen) atoms. The first kappa shape index (κ1) is 17.8. The number of imidazole rings is 1.